The van der Waals surface area contributed by atoms with E-state index in [9.17, 15) is 23.1 Å². The van der Waals surface area contributed by atoms with Crippen LogP contribution in [0.25, 0.3) is 21.3 Å². The fourth-order valence-electron chi connectivity index (χ4n) is 6.24. The standard InChI is InChI=1S/C38H39ClF3N7O4S/c1-4-7-31-32(27-10-11-30(34(39)24(27)2)52-19-18-48-16-14-47(3)15-17-48)33-35(43-23-44-36(33)54-31)46-28(37(50)51)20-25-8-5-6-9-29(25)53-21-26-12-13-45-49(26)22-38(40,41)42/h5-6,8-13,23,28H,14-22H2,1-3H3,(H,50,51)(H,43,44,46)/t28-/m1/s1. The first-order valence-electron chi connectivity index (χ1n) is 17.2. The number of para-hydroxylation sites is 1. The lowest BCUT2D eigenvalue weighted by atomic mass is 9.97. The quantitative estimate of drug-likeness (QED) is 0.117. The molecule has 0 amide bonds. The first kappa shape index (κ1) is 38.8. The van der Waals surface area contributed by atoms with Gasteiger partial charge in [-0.3, -0.25) is 9.58 Å². The van der Waals surface area contributed by atoms with Crippen LogP contribution in [0.3, 0.4) is 0 Å². The summed E-state index contributed by atoms with van der Waals surface area (Å²) < 4.78 is 52.0. The van der Waals surface area contributed by atoms with E-state index >= 15 is 0 Å². The fraction of sp³-hybridized carbons (Fsp3) is 0.368. The van der Waals surface area contributed by atoms with Gasteiger partial charge in [0.1, 0.15) is 54.3 Å². The van der Waals surface area contributed by atoms with Crippen molar-refractivity contribution < 1.29 is 32.5 Å². The molecule has 2 N–H and O–H groups in total. The van der Waals surface area contributed by atoms with Gasteiger partial charge in [-0.2, -0.15) is 18.3 Å². The lowest BCUT2D eigenvalue weighted by molar-refractivity contribution is -0.143. The number of likely N-dealkylation sites (N-methyl/N-ethyl adjacent to an activating group) is 1. The van der Waals surface area contributed by atoms with Crippen molar-refractivity contribution in [3.8, 4) is 34.5 Å². The van der Waals surface area contributed by atoms with E-state index in [1.54, 1.807) is 31.2 Å². The number of anilines is 1. The maximum absolute atomic E-state index is 13.0. The highest BCUT2D eigenvalue weighted by Crippen LogP contribution is 2.45. The summed E-state index contributed by atoms with van der Waals surface area (Å²) in [4.78, 5) is 27.8. The fourth-order valence-corrected chi connectivity index (χ4v) is 7.53. The largest absolute Gasteiger partial charge is 0.491 e. The number of aliphatic carboxylic acids is 1. The molecule has 0 radical (unpaired) electrons. The lowest BCUT2D eigenvalue weighted by Crippen LogP contribution is -2.45. The van der Waals surface area contributed by atoms with Gasteiger partial charge in [0.2, 0.25) is 0 Å². The molecule has 11 nitrogen and oxygen atoms in total. The molecule has 284 valence electrons. The highest BCUT2D eigenvalue weighted by atomic mass is 35.5. The van der Waals surface area contributed by atoms with Crippen LogP contribution >= 0.6 is 22.9 Å². The molecule has 6 rings (SSSR count). The van der Waals surface area contributed by atoms with E-state index in [0.717, 1.165) is 54.1 Å². The van der Waals surface area contributed by atoms with Crippen molar-refractivity contribution in [2.75, 3.05) is 51.7 Å². The van der Waals surface area contributed by atoms with Crippen molar-refractivity contribution >= 4 is 44.9 Å². The van der Waals surface area contributed by atoms with Gasteiger partial charge in [0.05, 0.1) is 21.0 Å². The van der Waals surface area contributed by atoms with Crippen LogP contribution in [0.2, 0.25) is 5.02 Å². The minimum absolute atomic E-state index is 0.0368. The maximum Gasteiger partial charge on any atom is 0.408 e. The number of rotatable bonds is 14. The Morgan fingerprint density at radius 1 is 1.09 bits per heavy atom. The number of fused-ring (bicyclic) bond motifs is 1. The Hall–Kier alpha value is -4.88. The molecule has 0 spiro atoms. The van der Waals surface area contributed by atoms with Gasteiger partial charge in [-0.25, -0.2) is 14.8 Å². The van der Waals surface area contributed by atoms with E-state index < -0.39 is 24.7 Å². The number of hydrogen-bond donors (Lipinski definition) is 2. The third-order valence-corrected chi connectivity index (χ3v) is 10.6. The van der Waals surface area contributed by atoms with Crippen LogP contribution in [0.15, 0.2) is 55.0 Å². The smallest absolute Gasteiger partial charge is 0.408 e. The molecule has 0 unspecified atom stereocenters. The second kappa shape index (κ2) is 17.1. The van der Waals surface area contributed by atoms with Crippen LogP contribution in [0.4, 0.5) is 19.0 Å². The number of thiophene rings is 1. The Morgan fingerprint density at radius 2 is 1.87 bits per heavy atom. The number of hydrogen-bond acceptors (Lipinski definition) is 10. The predicted molar refractivity (Wildman–Crippen MR) is 202 cm³/mol. The molecule has 4 heterocycles. The van der Waals surface area contributed by atoms with E-state index in [4.69, 9.17) is 21.1 Å². The van der Waals surface area contributed by atoms with E-state index in [2.05, 4.69) is 49.1 Å². The predicted octanol–water partition coefficient (Wildman–Crippen LogP) is 6.76. The Morgan fingerprint density at radius 3 is 2.61 bits per heavy atom. The number of benzene rings is 2. The zero-order valence-electron chi connectivity index (χ0n) is 29.9. The molecule has 0 aliphatic carbocycles. The third kappa shape index (κ3) is 9.25. The van der Waals surface area contributed by atoms with Crippen LogP contribution in [-0.4, -0.2) is 99.2 Å². The van der Waals surface area contributed by atoms with Gasteiger partial charge < -0.3 is 24.8 Å². The summed E-state index contributed by atoms with van der Waals surface area (Å²) >= 11 is 8.30. The zero-order chi connectivity index (χ0) is 38.4. The molecule has 1 atom stereocenters. The Bertz CT molecular complexity index is 2170. The van der Waals surface area contributed by atoms with Crippen molar-refractivity contribution in [2.24, 2.45) is 0 Å². The molecule has 54 heavy (non-hydrogen) atoms. The van der Waals surface area contributed by atoms with E-state index in [0.29, 0.717) is 49.6 Å². The molecule has 3 aromatic heterocycles. The minimum Gasteiger partial charge on any atom is -0.491 e. The number of halogens is 4. The number of carboxylic acids is 1. The second-order valence-electron chi connectivity index (χ2n) is 12.9. The van der Waals surface area contributed by atoms with Gasteiger partial charge in [0.15, 0.2) is 0 Å². The SMILES string of the molecule is CC#Cc1sc2ncnc(N[C@H](Cc3ccccc3OCc3ccnn3CC(F)(F)F)C(=O)O)c2c1-c1ccc(OCCN2CCN(C)CC2)c(Cl)c1C. The molecular weight excluding hydrogens is 743 g/mol. The van der Waals surface area contributed by atoms with Crippen molar-refractivity contribution in [1.29, 1.82) is 0 Å². The van der Waals surface area contributed by atoms with Crippen LogP contribution in [0.1, 0.15) is 28.6 Å². The molecule has 5 aromatic rings. The molecule has 1 aliphatic heterocycles. The van der Waals surface area contributed by atoms with Crippen molar-refractivity contribution in [1.82, 2.24) is 29.5 Å². The number of piperazine rings is 1. The number of alkyl halides is 3. The first-order chi connectivity index (χ1) is 25.9. The number of carbonyl (C=O) groups is 1. The number of ether oxygens (including phenoxy) is 2. The van der Waals surface area contributed by atoms with Gasteiger partial charge in [-0.1, -0.05) is 41.8 Å². The Labute approximate surface area is 319 Å². The average molecular weight is 782 g/mol. The molecule has 16 heteroatoms. The van der Waals surface area contributed by atoms with Gasteiger partial charge >= 0.3 is 12.1 Å². The summed E-state index contributed by atoms with van der Waals surface area (Å²) in [6.45, 7) is 7.48. The van der Waals surface area contributed by atoms with Gasteiger partial charge in [0, 0.05) is 50.9 Å². The summed E-state index contributed by atoms with van der Waals surface area (Å²) in [5.41, 5.74) is 3.01. The third-order valence-electron chi connectivity index (χ3n) is 9.12. The van der Waals surface area contributed by atoms with Gasteiger partial charge in [0.25, 0.3) is 0 Å². The van der Waals surface area contributed by atoms with Crippen molar-refractivity contribution in [3.63, 3.8) is 0 Å². The number of aromatic nitrogens is 4. The molecular formula is C38H39ClF3N7O4S. The molecule has 1 aliphatic rings. The second-order valence-corrected chi connectivity index (χ2v) is 14.2. The van der Waals surface area contributed by atoms with Crippen LogP contribution in [0, 0.1) is 18.8 Å². The topological polar surface area (TPSA) is 118 Å². The summed E-state index contributed by atoms with van der Waals surface area (Å²) in [6.07, 6.45) is -1.85. The highest BCUT2D eigenvalue weighted by molar-refractivity contribution is 7.19. The summed E-state index contributed by atoms with van der Waals surface area (Å²) in [7, 11) is 2.12. The van der Waals surface area contributed by atoms with Gasteiger partial charge in [-0.15, -0.1) is 17.3 Å². The maximum atomic E-state index is 13.0. The number of nitrogens with zero attached hydrogens (tertiary/aromatic N) is 6. The average Bonchev–Trinajstić information content (AvgIpc) is 3.73. The lowest BCUT2D eigenvalue weighted by Gasteiger charge is -2.32. The molecule has 1 saturated heterocycles. The summed E-state index contributed by atoms with van der Waals surface area (Å²) in [6, 6.07) is 10.8. The molecule has 2 aromatic carbocycles. The highest BCUT2D eigenvalue weighted by Gasteiger charge is 2.30. The van der Waals surface area contributed by atoms with Crippen LogP contribution in [-0.2, 0) is 24.4 Å². The molecule has 0 saturated carbocycles. The van der Waals surface area contributed by atoms with E-state index in [1.165, 1.54) is 29.9 Å². The minimum atomic E-state index is -4.45. The first-order valence-corrected chi connectivity index (χ1v) is 18.4. The number of carboxylic acid groups (broad SMARTS) is 1. The van der Waals surface area contributed by atoms with Gasteiger partial charge in [-0.05, 0) is 55.8 Å². The monoisotopic (exact) mass is 781 g/mol. The normalized spacial score (nSPS) is 14.4. The summed E-state index contributed by atoms with van der Waals surface area (Å²) in [5, 5.41) is 18.4. The van der Waals surface area contributed by atoms with Crippen molar-refractivity contribution in [3.05, 3.63) is 81.7 Å². The Balaban J connectivity index is 1.26. The van der Waals surface area contributed by atoms with E-state index in [1.807, 2.05) is 19.1 Å². The Kier molecular flexibility index (Phi) is 12.3. The number of nitrogens with one attached hydrogen (secondary N) is 1. The van der Waals surface area contributed by atoms with Crippen LogP contribution in [0.5, 0.6) is 11.5 Å². The van der Waals surface area contributed by atoms with Crippen LogP contribution < -0.4 is 14.8 Å². The molecule has 1 fully saturated rings. The zero-order valence-corrected chi connectivity index (χ0v) is 31.5. The summed E-state index contributed by atoms with van der Waals surface area (Å²) in [5.74, 6) is 6.19. The van der Waals surface area contributed by atoms with Crippen molar-refractivity contribution in [2.45, 2.75) is 45.6 Å². The van der Waals surface area contributed by atoms with E-state index in [-0.39, 0.29) is 18.7 Å². The molecule has 0 bridgehead atoms.